The molecule has 2 unspecified atom stereocenters. The predicted molar refractivity (Wildman–Crippen MR) is 86.2 cm³/mol. The molecule has 2 aliphatic heterocycles. The number of morpholine rings is 1. The van der Waals surface area contributed by atoms with Crippen LogP contribution in [0.1, 0.15) is 26.0 Å². The van der Waals surface area contributed by atoms with Gasteiger partial charge in [-0.25, -0.2) is 4.98 Å². The fraction of sp³-hybridized carbons (Fsp3) is 0.714. The van der Waals surface area contributed by atoms with E-state index in [9.17, 15) is 4.21 Å². The number of fused-ring (bicyclic) bond motifs is 3. The molecule has 122 valence electrons. The maximum Gasteiger partial charge on any atom is 0.224 e. The zero-order chi connectivity index (χ0) is 15.9. The van der Waals surface area contributed by atoms with Crippen molar-refractivity contribution in [3.05, 3.63) is 11.0 Å². The third kappa shape index (κ3) is 2.70. The molecule has 1 saturated heterocycles. The highest BCUT2D eigenvalue weighted by molar-refractivity contribution is 7.85. The van der Waals surface area contributed by atoms with Crippen LogP contribution < -0.4 is 9.64 Å². The van der Waals surface area contributed by atoms with Gasteiger partial charge in [0.1, 0.15) is 5.69 Å². The quantitative estimate of drug-likeness (QED) is 0.761. The van der Waals surface area contributed by atoms with Gasteiger partial charge in [-0.2, -0.15) is 4.98 Å². The Balaban J connectivity index is 2.15. The molecule has 2 aliphatic rings. The molecule has 0 aromatic carbocycles. The van der Waals surface area contributed by atoms with Gasteiger partial charge in [0, 0.05) is 30.0 Å². The van der Waals surface area contributed by atoms with Gasteiger partial charge in [0.15, 0.2) is 11.6 Å². The number of hydrogen-bond donors (Lipinski definition) is 0. The second-order valence-corrected chi connectivity index (χ2v) is 8.28. The van der Waals surface area contributed by atoms with E-state index >= 15 is 0 Å². The lowest BCUT2D eigenvalue weighted by molar-refractivity contribution is 0.0894. The Kier molecular flexibility index (Phi) is 4.31. The van der Waals surface area contributed by atoms with Gasteiger partial charge in [0.25, 0.3) is 0 Å². The summed E-state index contributed by atoms with van der Waals surface area (Å²) in [6.45, 7) is 6.37. The van der Waals surface area contributed by atoms with E-state index in [1.54, 1.807) is 6.26 Å². The van der Waals surface area contributed by atoms with E-state index in [0.717, 1.165) is 13.0 Å². The molecule has 1 aromatic heterocycles. The molecular formula is C14H20ClN3O3S. The zero-order valence-electron chi connectivity index (χ0n) is 13.0. The van der Waals surface area contributed by atoms with E-state index < -0.39 is 15.5 Å². The minimum Gasteiger partial charge on any atom is -0.488 e. The van der Waals surface area contributed by atoms with Crippen molar-refractivity contribution in [3.63, 3.8) is 0 Å². The Bertz CT molecular complexity index is 611. The van der Waals surface area contributed by atoms with Crippen molar-refractivity contribution in [2.45, 2.75) is 31.1 Å². The van der Waals surface area contributed by atoms with E-state index in [-0.39, 0.29) is 11.3 Å². The van der Waals surface area contributed by atoms with Crippen molar-refractivity contribution < 1.29 is 13.7 Å². The molecule has 0 aliphatic carbocycles. The van der Waals surface area contributed by atoms with Crippen molar-refractivity contribution >= 4 is 28.2 Å². The van der Waals surface area contributed by atoms with E-state index in [2.05, 4.69) is 14.9 Å². The molecule has 0 bridgehead atoms. The van der Waals surface area contributed by atoms with Gasteiger partial charge in [0.05, 0.1) is 30.6 Å². The Hall–Kier alpha value is -0.920. The molecule has 2 atom stereocenters. The van der Waals surface area contributed by atoms with Crippen LogP contribution in [0, 0.1) is 0 Å². The zero-order valence-corrected chi connectivity index (χ0v) is 14.5. The number of anilines is 1. The highest BCUT2D eigenvalue weighted by Gasteiger charge is 2.37. The summed E-state index contributed by atoms with van der Waals surface area (Å²) in [7, 11) is -1.12. The minimum absolute atomic E-state index is 0.156. The summed E-state index contributed by atoms with van der Waals surface area (Å²) in [6.07, 6.45) is 2.51. The Morgan fingerprint density at radius 3 is 2.86 bits per heavy atom. The van der Waals surface area contributed by atoms with Crippen LogP contribution >= 0.6 is 11.6 Å². The first-order valence-electron chi connectivity index (χ1n) is 7.30. The number of halogens is 1. The van der Waals surface area contributed by atoms with Gasteiger partial charge < -0.3 is 14.4 Å². The molecule has 22 heavy (non-hydrogen) atoms. The second-order valence-electron chi connectivity index (χ2n) is 6.02. The van der Waals surface area contributed by atoms with Gasteiger partial charge >= 0.3 is 0 Å². The predicted octanol–water partition coefficient (Wildman–Crippen LogP) is 1.73. The van der Waals surface area contributed by atoms with Crippen LogP contribution in [0.5, 0.6) is 5.75 Å². The minimum atomic E-state index is -1.12. The van der Waals surface area contributed by atoms with E-state index in [0.29, 0.717) is 37.1 Å². The number of rotatable bonds is 2. The molecule has 3 heterocycles. The number of hydrogen-bond acceptors (Lipinski definition) is 6. The topological polar surface area (TPSA) is 64.5 Å². The molecule has 0 spiro atoms. The third-order valence-electron chi connectivity index (χ3n) is 4.31. The SMILES string of the molecule is CS(=O)C(C)(C)c1nc(Cl)nc2c1OCCC1COCCN21. The van der Waals surface area contributed by atoms with E-state index in [1.165, 1.54) is 0 Å². The van der Waals surface area contributed by atoms with Crippen molar-refractivity contribution in [2.24, 2.45) is 0 Å². The van der Waals surface area contributed by atoms with E-state index in [4.69, 9.17) is 21.1 Å². The molecular weight excluding hydrogens is 326 g/mol. The van der Waals surface area contributed by atoms with Gasteiger partial charge in [-0.15, -0.1) is 0 Å². The first-order valence-corrected chi connectivity index (χ1v) is 9.23. The standard InChI is InChI=1S/C14H20ClN3O3S/c1-14(2,22(3)19)11-10-12(17-13(15)16-11)18-5-7-20-8-9(18)4-6-21-10/h9H,4-8H2,1-3H3. The molecule has 8 heteroatoms. The summed E-state index contributed by atoms with van der Waals surface area (Å²) in [6, 6.07) is 0.226. The van der Waals surface area contributed by atoms with Crippen molar-refractivity contribution in [2.75, 3.05) is 37.5 Å². The third-order valence-corrected chi connectivity index (χ3v) is 6.11. The highest BCUT2D eigenvalue weighted by Crippen LogP contribution is 2.41. The van der Waals surface area contributed by atoms with Crippen LogP contribution in [0.25, 0.3) is 0 Å². The summed E-state index contributed by atoms with van der Waals surface area (Å²) in [5.74, 6) is 1.30. The summed E-state index contributed by atoms with van der Waals surface area (Å²) < 4.78 is 23.0. The lowest BCUT2D eigenvalue weighted by Crippen LogP contribution is -2.45. The number of aromatic nitrogens is 2. The lowest BCUT2D eigenvalue weighted by Gasteiger charge is -2.35. The van der Waals surface area contributed by atoms with Gasteiger partial charge in [-0.1, -0.05) is 0 Å². The maximum absolute atomic E-state index is 12.2. The van der Waals surface area contributed by atoms with Gasteiger partial charge in [-0.3, -0.25) is 4.21 Å². The van der Waals surface area contributed by atoms with Crippen LogP contribution in [0.4, 0.5) is 5.82 Å². The van der Waals surface area contributed by atoms with E-state index in [1.807, 2.05) is 13.8 Å². The first kappa shape index (κ1) is 16.0. The molecule has 3 rings (SSSR count). The Labute approximate surface area is 137 Å². The van der Waals surface area contributed by atoms with Gasteiger partial charge in [-0.05, 0) is 25.4 Å². The fourth-order valence-corrected chi connectivity index (χ4v) is 3.33. The number of ether oxygens (including phenoxy) is 2. The van der Waals surface area contributed by atoms with Crippen LogP contribution in [0.2, 0.25) is 5.28 Å². The lowest BCUT2D eigenvalue weighted by atomic mass is 10.1. The van der Waals surface area contributed by atoms with Crippen molar-refractivity contribution in [1.82, 2.24) is 9.97 Å². The fourth-order valence-electron chi connectivity index (χ4n) is 2.75. The molecule has 6 nitrogen and oxygen atoms in total. The number of nitrogens with zero attached hydrogens (tertiary/aromatic N) is 3. The summed E-state index contributed by atoms with van der Waals surface area (Å²) in [5, 5.41) is 0.156. The van der Waals surface area contributed by atoms with Gasteiger partial charge in [0.2, 0.25) is 5.28 Å². The summed E-state index contributed by atoms with van der Waals surface area (Å²) >= 11 is 6.14. The molecule has 0 saturated carbocycles. The Morgan fingerprint density at radius 2 is 2.14 bits per heavy atom. The normalized spacial score (nSPS) is 23.1. The average molecular weight is 346 g/mol. The van der Waals surface area contributed by atoms with Crippen molar-refractivity contribution in [1.29, 1.82) is 0 Å². The smallest absolute Gasteiger partial charge is 0.224 e. The highest BCUT2D eigenvalue weighted by atomic mass is 35.5. The monoisotopic (exact) mass is 345 g/mol. The van der Waals surface area contributed by atoms with Crippen molar-refractivity contribution in [3.8, 4) is 5.75 Å². The molecule has 0 N–H and O–H groups in total. The van der Waals surface area contributed by atoms with Crippen LogP contribution in [-0.2, 0) is 20.3 Å². The summed E-state index contributed by atoms with van der Waals surface area (Å²) in [4.78, 5) is 10.9. The van der Waals surface area contributed by atoms with Crippen LogP contribution in [0.3, 0.4) is 0 Å². The second kappa shape index (κ2) is 5.94. The van der Waals surface area contributed by atoms with Crippen LogP contribution in [0.15, 0.2) is 0 Å². The molecule has 1 fully saturated rings. The average Bonchev–Trinajstić information content (AvgIpc) is 2.66. The maximum atomic E-state index is 12.2. The van der Waals surface area contributed by atoms with Crippen LogP contribution in [-0.4, -0.2) is 52.8 Å². The summed E-state index contributed by atoms with van der Waals surface area (Å²) in [5.41, 5.74) is 0.607. The largest absolute Gasteiger partial charge is 0.488 e. The Morgan fingerprint density at radius 1 is 1.36 bits per heavy atom. The first-order chi connectivity index (χ1) is 10.4. The molecule has 0 amide bonds. The molecule has 1 aromatic rings. The molecule has 0 radical (unpaired) electrons.